The number of rotatable bonds is 2. The number of ketones is 1. The first-order chi connectivity index (χ1) is 7.20. The molecule has 0 N–H and O–H groups in total. The molecular weight excluding hydrogens is 258 g/mol. The van der Waals surface area contributed by atoms with E-state index in [4.69, 9.17) is 0 Å². The Balaban J connectivity index is 2.46. The van der Waals surface area contributed by atoms with Gasteiger partial charge in [-0.3, -0.25) is 4.79 Å². The molecule has 0 aliphatic heterocycles. The van der Waals surface area contributed by atoms with Gasteiger partial charge in [-0.1, -0.05) is 28.1 Å². The third kappa shape index (κ3) is 1.83. The highest BCUT2D eigenvalue weighted by Gasteiger charge is 2.16. The van der Waals surface area contributed by atoms with E-state index in [9.17, 15) is 4.79 Å². The zero-order valence-corrected chi connectivity index (χ0v) is 9.60. The minimum atomic E-state index is -0.137. The lowest BCUT2D eigenvalue weighted by atomic mass is 10.1. The van der Waals surface area contributed by atoms with E-state index in [0.717, 1.165) is 4.47 Å². The predicted octanol–water partition coefficient (Wildman–Crippen LogP) is 1.81. The smallest absolute Gasteiger partial charge is 0.231 e. The van der Waals surface area contributed by atoms with Crippen molar-refractivity contribution < 1.29 is 4.79 Å². The van der Waals surface area contributed by atoms with Crippen molar-refractivity contribution in [1.82, 2.24) is 14.8 Å². The maximum Gasteiger partial charge on any atom is 0.231 e. The number of carbonyl (C=O) groups is 1. The van der Waals surface area contributed by atoms with Gasteiger partial charge in [-0.15, -0.1) is 0 Å². The largest absolute Gasteiger partial charge is 0.285 e. The first-order valence-electron chi connectivity index (χ1n) is 4.33. The molecule has 0 amide bonds. The van der Waals surface area contributed by atoms with Gasteiger partial charge >= 0.3 is 0 Å². The standard InChI is InChI=1S/C10H8BrN3O/c1-14-10(12-6-13-14)9(15)7-4-2-3-5-8(7)11/h2-6H,1H3. The Morgan fingerprint density at radius 1 is 1.40 bits per heavy atom. The van der Waals surface area contributed by atoms with E-state index in [2.05, 4.69) is 26.0 Å². The van der Waals surface area contributed by atoms with Gasteiger partial charge in [0.1, 0.15) is 6.33 Å². The summed E-state index contributed by atoms with van der Waals surface area (Å²) in [5.41, 5.74) is 0.591. The molecule has 2 aromatic rings. The Bertz CT molecular complexity index is 507. The molecule has 0 aliphatic rings. The summed E-state index contributed by atoms with van der Waals surface area (Å²) in [7, 11) is 1.69. The van der Waals surface area contributed by atoms with Crippen LogP contribution in [0.25, 0.3) is 0 Å². The fraction of sp³-hybridized carbons (Fsp3) is 0.100. The summed E-state index contributed by atoms with van der Waals surface area (Å²) in [4.78, 5) is 15.9. The number of hydrogen-bond donors (Lipinski definition) is 0. The van der Waals surface area contributed by atoms with E-state index >= 15 is 0 Å². The second-order valence-corrected chi connectivity index (χ2v) is 3.87. The van der Waals surface area contributed by atoms with Crippen LogP contribution in [0.2, 0.25) is 0 Å². The van der Waals surface area contributed by atoms with Crippen molar-refractivity contribution in [2.45, 2.75) is 0 Å². The molecule has 15 heavy (non-hydrogen) atoms. The van der Waals surface area contributed by atoms with Gasteiger partial charge in [0, 0.05) is 17.1 Å². The molecule has 0 aliphatic carbocycles. The second-order valence-electron chi connectivity index (χ2n) is 3.02. The summed E-state index contributed by atoms with van der Waals surface area (Å²) in [5, 5.41) is 3.86. The average Bonchev–Trinajstić information content (AvgIpc) is 2.64. The van der Waals surface area contributed by atoms with E-state index in [0.29, 0.717) is 11.4 Å². The van der Waals surface area contributed by atoms with Crippen LogP contribution in [-0.4, -0.2) is 20.5 Å². The molecule has 76 valence electrons. The van der Waals surface area contributed by atoms with Crippen molar-refractivity contribution in [3.63, 3.8) is 0 Å². The van der Waals surface area contributed by atoms with E-state index in [1.807, 2.05) is 18.2 Å². The minimum absolute atomic E-state index is 0.137. The van der Waals surface area contributed by atoms with E-state index < -0.39 is 0 Å². The van der Waals surface area contributed by atoms with Crippen LogP contribution in [0.3, 0.4) is 0 Å². The van der Waals surface area contributed by atoms with Gasteiger partial charge < -0.3 is 0 Å². The fourth-order valence-electron chi connectivity index (χ4n) is 1.27. The summed E-state index contributed by atoms with van der Waals surface area (Å²) in [6.45, 7) is 0. The number of nitrogens with zero attached hydrogens (tertiary/aromatic N) is 3. The molecule has 0 spiro atoms. The molecule has 0 saturated heterocycles. The van der Waals surface area contributed by atoms with E-state index in [-0.39, 0.29) is 5.78 Å². The van der Waals surface area contributed by atoms with Crippen molar-refractivity contribution in [3.05, 3.63) is 46.5 Å². The molecule has 0 atom stereocenters. The number of benzene rings is 1. The van der Waals surface area contributed by atoms with Crippen LogP contribution in [0.1, 0.15) is 16.2 Å². The molecule has 5 heteroatoms. The highest BCUT2D eigenvalue weighted by atomic mass is 79.9. The van der Waals surface area contributed by atoms with Crippen molar-refractivity contribution >= 4 is 21.7 Å². The monoisotopic (exact) mass is 265 g/mol. The summed E-state index contributed by atoms with van der Waals surface area (Å²) >= 11 is 3.33. The first-order valence-corrected chi connectivity index (χ1v) is 5.12. The number of aromatic nitrogens is 3. The van der Waals surface area contributed by atoms with Crippen LogP contribution in [0.4, 0.5) is 0 Å². The first kappa shape index (κ1) is 10.0. The Kier molecular flexibility index (Phi) is 2.64. The van der Waals surface area contributed by atoms with Gasteiger partial charge in [-0.2, -0.15) is 5.10 Å². The van der Waals surface area contributed by atoms with Gasteiger partial charge in [0.05, 0.1) is 0 Å². The third-order valence-corrected chi connectivity index (χ3v) is 2.72. The van der Waals surface area contributed by atoms with Crippen molar-refractivity contribution in [2.75, 3.05) is 0 Å². The Hall–Kier alpha value is -1.49. The molecule has 0 unspecified atom stereocenters. The quantitative estimate of drug-likeness (QED) is 0.779. The average molecular weight is 266 g/mol. The number of carbonyl (C=O) groups excluding carboxylic acids is 1. The van der Waals surface area contributed by atoms with Gasteiger partial charge in [0.15, 0.2) is 5.82 Å². The second kappa shape index (κ2) is 3.94. The van der Waals surface area contributed by atoms with Gasteiger partial charge in [0.2, 0.25) is 5.78 Å². The van der Waals surface area contributed by atoms with Crippen LogP contribution >= 0.6 is 15.9 Å². The normalized spacial score (nSPS) is 10.3. The van der Waals surface area contributed by atoms with E-state index in [1.54, 1.807) is 13.1 Å². The molecule has 1 heterocycles. The number of hydrogen-bond acceptors (Lipinski definition) is 3. The highest BCUT2D eigenvalue weighted by molar-refractivity contribution is 9.10. The molecule has 0 saturated carbocycles. The third-order valence-electron chi connectivity index (χ3n) is 2.03. The molecule has 0 fully saturated rings. The molecule has 0 radical (unpaired) electrons. The Morgan fingerprint density at radius 3 is 2.73 bits per heavy atom. The summed E-state index contributed by atoms with van der Waals surface area (Å²) in [6.07, 6.45) is 1.37. The minimum Gasteiger partial charge on any atom is -0.285 e. The lowest BCUT2D eigenvalue weighted by molar-refractivity contribution is 0.102. The molecule has 1 aromatic carbocycles. The van der Waals surface area contributed by atoms with Crippen LogP contribution in [0.5, 0.6) is 0 Å². The van der Waals surface area contributed by atoms with Gasteiger partial charge in [-0.25, -0.2) is 9.67 Å². The summed E-state index contributed by atoms with van der Waals surface area (Å²) in [5.74, 6) is 0.198. The van der Waals surface area contributed by atoms with E-state index in [1.165, 1.54) is 11.0 Å². The number of aryl methyl sites for hydroxylation is 1. The van der Waals surface area contributed by atoms with Crippen LogP contribution in [0, 0.1) is 0 Å². The molecule has 2 rings (SSSR count). The SMILES string of the molecule is Cn1ncnc1C(=O)c1ccccc1Br. The molecule has 0 bridgehead atoms. The maximum atomic E-state index is 12.0. The Morgan fingerprint density at radius 2 is 2.13 bits per heavy atom. The van der Waals surface area contributed by atoms with Crippen LogP contribution < -0.4 is 0 Å². The van der Waals surface area contributed by atoms with Crippen LogP contribution in [0.15, 0.2) is 35.1 Å². The molecule has 1 aromatic heterocycles. The van der Waals surface area contributed by atoms with Crippen molar-refractivity contribution in [1.29, 1.82) is 0 Å². The predicted molar refractivity (Wildman–Crippen MR) is 58.6 cm³/mol. The fourth-order valence-corrected chi connectivity index (χ4v) is 1.73. The highest BCUT2D eigenvalue weighted by Crippen LogP contribution is 2.18. The van der Waals surface area contributed by atoms with Crippen molar-refractivity contribution in [3.8, 4) is 0 Å². The number of halogens is 1. The Labute approximate surface area is 95.1 Å². The summed E-state index contributed by atoms with van der Waals surface area (Å²) in [6, 6.07) is 7.25. The lowest BCUT2D eigenvalue weighted by Crippen LogP contribution is -2.10. The zero-order chi connectivity index (χ0) is 10.8. The topological polar surface area (TPSA) is 47.8 Å². The van der Waals surface area contributed by atoms with Crippen LogP contribution in [-0.2, 0) is 7.05 Å². The lowest BCUT2D eigenvalue weighted by Gasteiger charge is -2.01. The molecular formula is C10H8BrN3O. The zero-order valence-electron chi connectivity index (χ0n) is 8.01. The van der Waals surface area contributed by atoms with Gasteiger partial charge in [-0.05, 0) is 12.1 Å². The van der Waals surface area contributed by atoms with Crippen molar-refractivity contribution in [2.24, 2.45) is 7.05 Å². The molecule has 4 nitrogen and oxygen atoms in total. The van der Waals surface area contributed by atoms with Gasteiger partial charge in [0.25, 0.3) is 0 Å². The summed E-state index contributed by atoms with van der Waals surface area (Å²) < 4.78 is 2.22. The maximum absolute atomic E-state index is 12.0.